The summed E-state index contributed by atoms with van der Waals surface area (Å²) in [5.74, 6) is 0.950. The number of carbonyl (C=O) groups excluding carboxylic acids is 1. The quantitative estimate of drug-likeness (QED) is 0.552. The molecule has 2 rings (SSSR count). The minimum atomic E-state index is -0.501. The molecule has 0 saturated carbocycles. The van der Waals surface area contributed by atoms with Gasteiger partial charge < -0.3 is 14.8 Å². The van der Waals surface area contributed by atoms with Gasteiger partial charge in [-0.1, -0.05) is 12.1 Å². The third-order valence-electron chi connectivity index (χ3n) is 4.41. The van der Waals surface area contributed by atoms with Crippen LogP contribution in [0.15, 0.2) is 30.3 Å². The average Bonchev–Trinajstić information content (AvgIpc) is 2.64. The average molecular weight is 387 g/mol. The van der Waals surface area contributed by atoms with Gasteiger partial charge in [-0.3, -0.25) is 19.8 Å². The zero-order chi connectivity index (χ0) is 20.8. The van der Waals surface area contributed by atoms with Crippen molar-refractivity contribution in [1.82, 2.24) is 4.90 Å². The predicted molar refractivity (Wildman–Crippen MR) is 107 cm³/mol. The summed E-state index contributed by atoms with van der Waals surface area (Å²) in [7, 11) is 4.96. The molecule has 0 radical (unpaired) electrons. The molecule has 0 aliphatic rings. The Hall–Kier alpha value is -3.13. The highest BCUT2D eigenvalue weighted by atomic mass is 16.6. The van der Waals surface area contributed by atoms with E-state index in [0.29, 0.717) is 23.6 Å². The van der Waals surface area contributed by atoms with Crippen LogP contribution < -0.4 is 14.8 Å². The number of methoxy groups -OCH3 is 2. The maximum absolute atomic E-state index is 12.4. The number of rotatable bonds is 8. The normalized spacial score (nSPS) is 10.6. The van der Waals surface area contributed by atoms with Crippen LogP contribution in [0.1, 0.15) is 16.7 Å². The molecule has 1 N–H and O–H groups in total. The van der Waals surface area contributed by atoms with E-state index in [9.17, 15) is 14.9 Å². The van der Waals surface area contributed by atoms with E-state index in [-0.39, 0.29) is 23.8 Å². The molecule has 0 bridgehead atoms. The molecule has 0 aliphatic carbocycles. The largest absolute Gasteiger partial charge is 0.493 e. The van der Waals surface area contributed by atoms with Gasteiger partial charge in [0.05, 0.1) is 25.7 Å². The van der Waals surface area contributed by atoms with Gasteiger partial charge in [0.25, 0.3) is 5.69 Å². The number of benzene rings is 2. The number of nitrogens with one attached hydrogen (secondary N) is 1. The Morgan fingerprint density at radius 3 is 2.39 bits per heavy atom. The molecule has 1 amide bonds. The van der Waals surface area contributed by atoms with Crippen LogP contribution in [0, 0.1) is 24.0 Å². The number of para-hydroxylation sites is 1. The van der Waals surface area contributed by atoms with E-state index in [1.165, 1.54) is 6.07 Å². The highest BCUT2D eigenvalue weighted by Crippen LogP contribution is 2.31. The first kappa shape index (κ1) is 21.2. The van der Waals surface area contributed by atoms with E-state index in [1.54, 1.807) is 33.3 Å². The van der Waals surface area contributed by atoms with E-state index in [2.05, 4.69) is 5.32 Å². The van der Waals surface area contributed by atoms with Gasteiger partial charge in [-0.25, -0.2) is 0 Å². The number of ether oxygens (including phenoxy) is 2. The van der Waals surface area contributed by atoms with E-state index in [0.717, 1.165) is 11.1 Å². The number of amides is 1. The van der Waals surface area contributed by atoms with Gasteiger partial charge >= 0.3 is 0 Å². The van der Waals surface area contributed by atoms with Crippen LogP contribution >= 0.6 is 0 Å². The summed E-state index contributed by atoms with van der Waals surface area (Å²) in [6, 6.07) is 8.46. The number of nitrogens with zero attached hydrogens (tertiary/aromatic N) is 2. The number of likely N-dealkylation sites (N-methyl/N-ethyl adjacent to an activating group) is 1. The Balaban J connectivity index is 2.09. The molecule has 8 nitrogen and oxygen atoms in total. The van der Waals surface area contributed by atoms with Crippen molar-refractivity contribution in [2.24, 2.45) is 0 Å². The van der Waals surface area contributed by atoms with Crippen LogP contribution in [0.3, 0.4) is 0 Å². The summed E-state index contributed by atoms with van der Waals surface area (Å²) < 4.78 is 10.6. The number of aryl methyl sites for hydroxylation is 2. The molecule has 0 fully saturated rings. The lowest BCUT2D eigenvalue weighted by Crippen LogP contribution is -2.30. The fraction of sp³-hybridized carbons (Fsp3) is 0.350. The second kappa shape index (κ2) is 9.18. The van der Waals surface area contributed by atoms with Crippen LogP contribution in [0.25, 0.3) is 0 Å². The van der Waals surface area contributed by atoms with Gasteiger partial charge in [0, 0.05) is 12.6 Å². The number of anilines is 1. The smallest absolute Gasteiger partial charge is 0.293 e. The summed E-state index contributed by atoms with van der Waals surface area (Å²) in [6.07, 6.45) is 0. The molecular weight excluding hydrogens is 362 g/mol. The highest BCUT2D eigenvalue weighted by Gasteiger charge is 2.19. The van der Waals surface area contributed by atoms with E-state index < -0.39 is 4.92 Å². The van der Waals surface area contributed by atoms with Gasteiger partial charge in [0.2, 0.25) is 5.91 Å². The summed E-state index contributed by atoms with van der Waals surface area (Å²) in [4.78, 5) is 24.9. The first-order valence-corrected chi connectivity index (χ1v) is 8.70. The van der Waals surface area contributed by atoms with Crippen LogP contribution in [0.2, 0.25) is 0 Å². The third kappa shape index (κ3) is 4.98. The van der Waals surface area contributed by atoms with E-state index in [1.807, 2.05) is 31.0 Å². The molecule has 0 saturated heterocycles. The summed E-state index contributed by atoms with van der Waals surface area (Å²) >= 11 is 0. The van der Waals surface area contributed by atoms with Crippen molar-refractivity contribution in [3.63, 3.8) is 0 Å². The molecule has 0 heterocycles. The van der Waals surface area contributed by atoms with Gasteiger partial charge in [-0.05, 0) is 49.7 Å². The number of carbonyl (C=O) groups is 1. The minimum Gasteiger partial charge on any atom is -0.493 e. The third-order valence-corrected chi connectivity index (χ3v) is 4.41. The fourth-order valence-electron chi connectivity index (χ4n) is 2.93. The van der Waals surface area contributed by atoms with Crippen LogP contribution in [-0.2, 0) is 11.3 Å². The number of nitro benzene ring substituents is 1. The van der Waals surface area contributed by atoms with Crippen LogP contribution in [0.5, 0.6) is 11.5 Å². The molecule has 0 spiro atoms. The Morgan fingerprint density at radius 1 is 1.14 bits per heavy atom. The van der Waals surface area contributed by atoms with Gasteiger partial charge in [0.15, 0.2) is 11.5 Å². The van der Waals surface area contributed by atoms with Gasteiger partial charge in [-0.2, -0.15) is 0 Å². The SMILES string of the molecule is COc1cc(C)c(CN(C)CC(=O)Nc2c(C)cccc2[N+](=O)[O-])cc1OC. The number of nitro groups is 1. The van der Waals surface area contributed by atoms with E-state index >= 15 is 0 Å². The van der Waals surface area contributed by atoms with Crippen molar-refractivity contribution in [1.29, 1.82) is 0 Å². The summed E-state index contributed by atoms with van der Waals surface area (Å²) in [6.45, 7) is 4.27. The lowest BCUT2D eigenvalue weighted by atomic mass is 10.1. The summed E-state index contributed by atoms with van der Waals surface area (Å²) in [5.41, 5.74) is 2.76. The number of hydrogen-bond donors (Lipinski definition) is 1. The minimum absolute atomic E-state index is 0.0826. The second-order valence-corrected chi connectivity index (χ2v) is 6.58. The van der Waals surface area contributed by atoms with Gasteiger partial charge in [-0.15, -0.1) is 0 Å². The maximum atomic E-state index is 12.4. The molecule has 2 aromatic rings. The molecule has 0 unspecified atom stereocenters. The molecule has 0 atom stereocenters. The first-order valence-electron chi connectivity index (χ1n) is 8.70. The Bertz CT molecular complexity index is 882. The van der Waals surface area contributed by atoms with Crippen molar-refractivity contribution in [2.75, 3.05) is 33.1 Å². The molecule has 8 heteroatoms. The monoisotopic (exact) mass is 387 g/mol. The maximum Gasteiger partial charge on any atom is 0.293 e. The van der Waals surface area contributed by atoms with Crippen molar-refractivity contribution in [2.45, 2.75) is 20.4 Å². The van der Waals surface area contributed by atoms with Crippen molar-refractivity contribution in [3.05, 3.63) is 57.1 Å². The van der Waals surface area contributed by atoms with Crippen molar-refractivity contribution >= 4 is 17.3 Å². The Morgan fingerprint density at radius 2 is 1.79 bits per heavy atom. The topological polar surface area (TPSA) is 93.9 Å². The lowest BCUT2D eigenvalue weighted by molar-refractivity contribution is -0.384. The molecule has 0 aromatic heterocycles. The second-order valence-electron chi connectivity index (χ2n) is 6.58. The zero-order valence-electron chi connectivity index (χ0n) is 16.7. The van der Waals surface area contributed by atoms with Crippen LogP contribution in [0.4, 0.5) is 11.4 Å². The highest BCUT2D eigenvalue weighted by molar-refractivity contribution is 5.95. The lowest BCUT2D eigenvalue weighted by Gasteiger charge is -2.19. The predicted octanol–water partition coefficient (Wildman–Crippen LogP) is 3.30. The number of hydrogen-bond acceptors (Lipinski definition) is 6. The molecular formula is C20H25N3O5. The Labute approximate surface area is 164 Å². The van der Waals surface area contributed by atoms with E-state index in [4.69, 9.17) is 9.47 Å². The molecule has 2 aromatic carbocycles. The van der Waals surface area contributed by atoms with Crippen molar-refractivity contribution in [3.8, 4) is 11.5 Å². The standard InChI is InChI=1S/C20H25N3O5/c1-13-7-6-8-16(23(25)26)20(13)21-19(24)12-22(3)11-15-10-18(28-5)17(27-4)9-14(15)2/h6-10H,11-12H2,1-5H3,(H,21,24). The summed E-state index contributed by atoms with van der Waals surface area (Å²) in [5, 5.41) is 13.9. The Kier molecular flexibility index (Phi) is 6.94. The molecule has 28 heavy (non-hydrogen) atoms. The van der Waals surface area contributed by atoms with Crippen molar-refractivity contribution < 1.29 is 19.2 Å². The molecule has 150 valence electrons. The fourth-order valence-corrected chi connectivity index (χ4v) is 2.93. The van der Waals surface area contributed by atoms with Gasteiger partial charge in [0.1, 0.15) is 5.69 Å². The molecule has 0 aliphatic heterocycles. The van der Waals surface area contributed by atoms with Crippen LogP contribution in [-0.4, -0.2) is 43.5 Å². The first-order chi connectivity index (χ1) is 13.3. The zero-order valence-corrected chi connectivity index (χ0v) is 16.7.